The molecule has 136 valence electrons. The quantitative estimate of drug-likeness (QED) is 0.778. The maximum absolute atomic E-state index is 12.4. The van der Waals surface area contributed by atoms with Gasteiger partial charge in [0.2, 0.25) is 5.91 Å². The minimum atomic E-state index is -0.0679. The zero-order valence-corrected chi connectivity index (χ0v) is 16.8. The number of thiophene rings is 2. The molecule has 1 atom stereocenters. The van der Waals surface area contributed by atoms with Crippen molar-refractivity contribution >= 4 is 40.2 Å². The first-order valence-corrected chi connectivity index (χ1v) is 10.7. The Kier molecular flexibility index (Phi) is 6.90. The van der Waals surface area contributed by atoms with E-state index in [1.807, 2.05) is 19.1 Å². The van der Waals surface area contributed by atoms with Gasteiger partial charge in [-0.2, -0.15) is 0 Å². The highest BCUT2D eigenvalue weighted by molar-refractivity contribution is 7.16. The molecule has 3 rings (SSSR count). The molecular weight excluding hydrogens is 374 g/mol. The molecule has 1 amide bonds. The third-order valence-electron chi connectivity index (χ3n) is 4.59. The lowest BCUT2D eigenvalue weighted by atomic mass is 10.2. The molecule has 4 nitrogen and oxygen atoms in total. The van der Waals surface area contributed by atoms with Crippen LogP contribution < -0.4 is 5.32 Å². The summed E-state index contributed by atoms with van der Waals surface area (Å²) in [5, 5.41) is 5.14. The van der Waals surface area contributed by atoms with Crippen LogP contribution in [0.25, 0.3) is 0 Å². The third-order valence-corrected chi connectivity index (χ3v) is 6.75. The number of piperazine rings is 1. The summed E-state index contributed by atoms with van der Waals surface area (Å²) in [6, 6.07) is 8.15. The molecule has 0 aliphatic carbocycles. The third kappa shape index (κ3) is 5.53. The number of carbonyl (C=O) groups excluding carboxylic acids is 1. The summed E-state index contributed by atoms with van der Waals surface area (Å²) in [4.78, 5) is 19.7. The summed E-state index contributed by atoms with van der Waals surface area (Å²) in [5.41, 5.74) is 0. The van der Waals surface area contributed by atoms with Crippen LogP contribution >= 0.6 is 34.3 Å². The molecule has 0 spiro atoms. The van der Waals surface area contributed by atoms with E-state index in [0.29, 0.717) is 6.54 Å². The van der Waals surface area contributed by atoms with Crippen LogP contribution in [0.15, 0.2) is 29.6 Å². The van der Waals surface area contributed by atoms with Gasteiger partial charge in [0.15, 0.2) is 0 Å². The Morgan fingerprint density at radius 3 is 2.68 bits per heavy atom. The number of rotatable bonds is 7. The van der Waals surface area contributed by atoms with Crippen molar-refractivity contribution in [1.29, 1.82) is 0 Å². The van der Waals surface area contributed by atoms with E-state index in [0.717, 1.165) is 43.5 Å². The second-order valence-electron chi connectivity index (χ2n) is 6.31. The molecule has 0 unspecified atom stereocenters. The summed E-state index contributed by atoms with van der Waals surface area (Å²) in [6.07, 6.45) is 0.910. The van der Waals surface area contributed by atoms with Gasteiger partial charge in [-0.15, -0.1) is 22.7 Å². The Labute approximate surface area is 162 Å². The predicted octanol–water partition coefficient (Wildman–Crippen LogP) is 3.33. The maximum Gasteiger partial charge on any atom is 0.237 e. The first-order valence-electron chi connectivity index (χ1n) is 8.62. The lowest BCUT2D eigenvalue weighted by molar-refractivity contribution is -0.126. The average Bonchev–Trinajstić information content (AvgIpc) is 3.27. The minimum Gasteiger partial charge on any atom is -0.354 e. The molecular formula is C18H24ClN3OS2. The summed E-state index contributed by atoms with van der Waals surface area (Å²) in [7, 11) is 0. The lowest BCUT2D eigenvalue weighted by Gasteiger charge is -2.37. The Morgan fingerprint density at radius 1 is 1.24 bits per heavy atom. The molecule has 0 aromatic carbocycles. The molecule has 2 aromatic rings. The van der Waals surface area contributed by atoms with Crippen LogP contribution in [-0.4, -0.2) is 54.5 Å². The van der Waals surface area contributed by atoms with E-state index in [1.54, 1.807) is 22.7 Å². The Hall–Kier alpha value is -0.920. The summed E-state index contributed by atoms with van der Waals surface area (Å²) in [5.74, 6) is 0.134. The fraction of sp³-hybridized carbons (Fsp3) is 0.500. The highest BCUT2D eigenvalue weighted by Gasteiger charge is 2.25. The molecule has 1 saturated heterocycles. The van der Waals surface area contributed by atoms with Gasteiger partial charge in [0.05, 0.1) is 10.4 Å². The number of hydrogen-bond acceptors (Lipinski definition) is 5. The van der Waals surface area contributed by atoms with Gasteiger partial charge in [-0.3, -0.25) is 14.6 Å². The molecule has 0 radical (unpaired) electrons. The van der Waals surface area contributed by atoms with Crippen molar-refractivity contribution < 1.29 is 4.79 Å². The van der Waals surface area contributed by atoms with Crippen molar-refractivity contribution in [1.82, 2.24) is 15.1 Å². The van der Waals surface area contributed by atoms with Crippen molar-refractivity contribution in [3.8, 4) is 0 Å². The minimum absolute atomic E-state index is 0.0679. The highest BCUT2D eigenvalue weighted by atomic mass is 35.5. The number of carbonyl (C=O) groups is 1. The Balaban J connectivity index is 1.38. The molecule has 7 heteroatoms. The highest BCUT2D eigenvalue weighted by Crippen LogP contribution is 2.23. The summed E-state index contributed by atoms with van der Waals surface area (Å²) >= 11 is 9.39. The molecule has 25 heavy (non-hydrogen) atoms. The van der Waals surface area contributed by atoms with Crippen molar-refractivity contribution in [2.75, 3.05) is 32.7 Å². The summed E-state index contributed by atoms with van der Waals surface area (Å²) in [6.45, 7) is 7.51. The van der Waals surface area contributed by atoms with Crippen LogP contribution in [0.1, 0.15) is 16.7 Å². The van der Waals surface area contributed by atoms with E-state index in [9.17, 15) is 4.79 Å². The topological polar surface area (TPSA) is 35.6 Å². The molecule has 1 aliphatic rings. The van der Waals surface area contributed by atoms with Crippen molar-refractivity contribution in [2.45, 2.75) is 25.9 Å². The fourth-order valence-electron chi connectivity index (χ4n) is 3.04. The molecule has 1 fully saturated rings. The predicted molar refractivity (Wildman–Crippen MR) is 107 cm³/mol. The number of amides is 1. The van der Waals surface area contributed by atoms with Crippen LogP contribution in [0.3, 0.4) is 0 Å². The average molecular weight is 398 g/mol. The molecule has 1 aliphatic heterocycles. The standard InChI is InChI=1S/C18H24ClN3OS2/c1-14(18(23)20-7-6-15-3-2-12-24-15)22-10-8-21(9-11-22)13-16-4-5-17(19)25-16/h2-5,12,14H,6-11,13H2,1H3,(H,20,23)/t14-/m1/s1. The first-order chi connectivity index (χ1) is 12.1. The van der Waals surface area contributed by atoms with Crippen LogP contribution in [0, 0.1) is 0 Å². The smallest absolute Gasteiger partial charge is 0.237 e. The van der Waals surface area contributed by atoms with Gasteiger partial charge in [-0.1, -0.05) is 17.7 Å². The maximum atomic E-state index is 12.4. The van der Waals surface area contributed by atoms with Gasteiger partial charge < -0.3 is 5.32 Å². The van der Waals surface area contributed by atoms with Gasteiger partial charge in [0, 0.05) is 49.0 Å². The number of halogens is 1. The van der Waals surface area contributed by atoms with E-state index in [2.05, 4.69) is 32.6 Å². The van der Waals surface area contributed by atoms with E-state index in [-0.39, 0.29) is 11.9 Å². The van der Waals surface area contributed by atoms with E-state index in [1.165, 1.54) is 9.75 Å². The van der Waals surface area contributed by atoms with Crippen LogP contribution in [-0.2, 0) is 17.8 Å². The van der Waals surface area contributed by atoms with Gasteiger partial charge in [0.25, 0.3) is 0 Å². The second-order valence-corrected chi connectivity index (χ2v) is 9.15. The van der Waals surface area contributed by atoms with Crippen molar-refractivity contribution in [3.63, 3.8) is 0 Å². The van der Waals surface area contributed by atoms with Crippen LogP contribution in [0.4, 0.5) is 0 Å². The zero-order valence-electron chi connectivity index (χ0n) is 14.4. The monoisotopic (exact) mass is 397 g/mol. The number of nitrogens with one attached hydrogen (secondary N) is 1. The first kappa shape index (κ1) is 18.9. The van der Waals surface area contributed by atoms with Crippen molar-refractivity contribution in [3.05, 3.63) is 43.7 Å². The molecule has 0 bridgehead atoms. The van der Waals surface area contributed by atoms with Gasteiger partial charge in [-0.25, -0.2) is 0 Å². The SMILES string of the molecule is C[C@H](C(=O)NCCc1cccs1)N1CCN(Cc2ccc(Cl)s2)CC1. The largest absolute Gasteiger partial charge is 0.354 e. The Bertz CT molecular complexity index is 666. The van der Waals surface area contributed by atoms with Gasteiger partial charge in [-0.05, 0) is 36.9 Å². The second kappa shape index (κ2) is 9.14. The number of hydrogen-bond donors (Lipinski definition) is 1. The Morgan fingerprint density at radius 2 is 2.04 bits per heavy atom. The lowest BCUT2D eigenvalue weighted by Crippen LogP contribution is -2.53. The molecule has 1 N–H and O–H groups in total. The molecule has 3 heterocycles. The van der Waals surface area contributed by atoms with E-state index < -0.39 is 0 Å². The fourth-order valence-corrected chi connectivity index (χ4v) is 4.88. The van der Waals surface area contributed by atoms with Gasteiger partial charge in [0.1, 0.15) is 0 Å². The van der Waals surface area contributed by atoms with Crippen LogP contribution in [0.5, 0.6) is 0 Å². The summed E-state index contributed by atoms with van der Waals surface area (Å²) < 4.78 is 0.849. The molecule has 0 saturated carbocycles. The van der Waals surface area contributed by atoms with Gasteiger partial charge >= 0.3 is 0 Å². The normalized spacial score (nSPS) is 17.5. The van der Waals surface area contributed by atoms with E-state index in [4.69, 9.17) is 11.6 Å². The van der Waals surface area contributed by atoms with Crippen molar-refractivity contribution in [2.24, 2.45) is 0 Å². The number of nitrogens with zero attached hydrogens (tertiary/aromatic N) is 2. The molecule has 2 aromatic heterocycles. The van der Waals surface area contributed by atoms with Crippen LogP contribution in [0.2, 0.25) is 4.34 Å². The zero-order chi connectivity index (χ0) is 17.6. The van der Waals surface area contributed by atoms with E-state index >= 15 is 0 Å².